The summed E-state index contributed by atoms with van der Waals surface area (Å²) in [6, 6.07) is 102. The predicted octanol–water partition coefficient (Wildman–Crippen LogP) is 28.5. The van der Waals surface area contributed by atoms with Crippen molar-refractivity contribution < 1.29 is 77.9 Å². The van der Waals surface area contributed by atoms with Crippen molar-refractivity contribution in [1.29, 1.82) is 0 Å². The molecule has 0 spiro atoms. The van der Waals surface area contributed by atoms with Crippen molar-refractivity contribution in [2.45, 2.75) is 95.6 Å². The van der Waals surface area contributed by atoms with E-state index >= 15 is 0 Å². The molecule has 0 N–H and O–H groups in total. The maximum absolute atomic E-state index is 12.5. The standard InChI is InChI=1S/C28H28NO.C24H17N2.C20H16NS.C15H8F3N4.2C10H5N4S2.3Ir/c1-2-7-20(8-3-1)22-13-15-26(29-18-22)24-12-6-11-23-25-17-21(19-9-4-5-10-19)14-16-27(25)30-28(23)24;1-26-23-14-13-18(17-8-3-2-4-9-17)16-21(23)19-10-7-11-20(24(19)26)22-12-5-6-15-25-22;1-13(2)14-10-11-21-18(12-14)17-8-5-7-16-15-6-3-4-9-19(15)22-20(16)17;16-15(17,18)12-8-6-11(7-9-12)14-21-19-13(20-22-14)10-4-2-1-3-5-10;2*1-3-7(15-5-1)9-11-13-10(14-12-9)8-4-2-6-16-8;;;/h6,11,13-20H,1-5,7-10H2;2-10,12-16H,1H3;3-7,9-13H,1-2H3;1-6,8-9H;2*1-3,5-6H;;;/q6*-1;;;. The number of aryl methyl sites for hydroxylation is 1. The van der Waals surface area contributed by atoms with Crippen LogP contribution in [0.2, 0.25) is 0 Å². The SMILES string of the molecule is CC(C)c1ccnc(-c2[c-]ccc3c2sc2ccccc23)c1.Cn1c2ccc(-c3ccccc3)cc2c2cc[c-]c(-c3ccccn3)c21.FC(F)(F)c1c[c-]c(-c2nnc(-c3ccccc3)nn2)cc1.[Ir].[Ir].[Ir].[c-]1ccc2c(oc3ccc(C4CCCC4)cc32)c1-c1ccc(C2CCCCC2)cn1.[c-]1ccsc1-c1nnc(-c2cccs2)nn1.[c-]1ccsc1-c1nnc(-c2cccs2)nn1. The third-order valence-corrected chi connectivity index (χ3v) is 27.7. The van der Waals surface area contributed by atoms with E-state index in [9.17, 15) is 13.2 Å². The molecule has 17 nitrogen and oxygen atoms in total. The molecule has 2 aliphatic carbocycles. The minimum atomic E-state index is -4.40. The normalized spacial score (nSPS) is 12.5. The molecule has 13 heterocycles. The van der Waals surface area contributed by atoms with Crippen LogP contribution >= 0.6 is 56.7 Å². The Kier molecular flexibility index (Phi) is 31.8. The minimum Gasteiger partial charge on any atom is -0.501 e. The number of hydrogen-bond donors (Lipinski definition) is 0. The van der Waals surface area contributed by atoms with E-state index in [1.165, 1.54) is 167 Å². The van der Waals surface area contributed by atoms with Crippen LogP contribution in [0.25, 0.3) is 174 Å². The molecule has 22 aromatic rings. The van der Waals surface area contributed by atoms with Crippen molar-refractivity contribution in [2.24, 2.45) is 7.05 Å². The number of rotatable bonds is 13. The van der Waals surface area contributed by atoms with Crippen LogP contribution in [0.15, 0.2) is 299 Å². The van der Waals surface area contributed by atoms with E-state index in [2.05, 4.69) is 273 Å². The molecule has 2 saturated carbocycles. The average molecular weight is 2400 g/mol. The van der Waals surface area contributed by atoms with Crippen LogP contribution in [0.5, 0.6) is 0 Å². The van der Waals surface area contributed by atoms with Gasteiger partial charge in [-0.3, -0.25) is 0 Å². The first-order valence-corrected chi connectivity index (χ1v) is 47.5. The van der Waals surface area contributed by atoms with E-state index < -0.39 is 11.7 Å². The molecule has 0 aliphatic heterocycles. The fraction of sp³-hybridized carbons (Fsp3) is 0.150. The van der Waals surface area contributed by atoms with Crippen LogP contribution < -0.4 is 0 Å². The van der Waals surface area contributed by atoms with Gasteiger partial charge in [0.2, 0.25) is 17.5 Å². The van der Waals surface area contributed by atoms with E-state index in [-0.39, 0.29) is 66.1 Å². The van der Waals surface area contributed by atoms with E-state index in [1.807, 2.05) is 148 Å². The van der Waals surface area contributed by atoms with E-state index in [0.717, 1.165) is 82.1 Å². The van der Waals surface area contributed by atoms with Crippen molar-refractivity contribution in [2.75, 3.05) is 0 Å². The van der Waals surface area contributed by atoms with Gasteiger partial charge in [-0.25, -0.2) is 22.7 Å². The summed E-state index contributed by atoms with van der Waals surface area (Å²) in [4.78, 5) is 17.6. The first kappa shape index (κ1) is 95.8. The molecule has 24 rings (SSSR count). The van der Waals surface area contributed by atoms with Crippen LogP contribution in [0.4, 0.5) is 13.2 Å². The van der Waals surface area contributed by atoms with Crippen LogP contribution in [-0.2, 0) is 73.5 Å². The topological polar surface area (TPSA) is 211 Å². The van der Waals surface area contributed by atoms with Crippen molar-refractivity contribution in [3.05, 3.63) is 354 Å². The van der Waals surface area contributed by atoms with Gasteiger partial charge in [0.05, 0.1) is 15.3 Å². The second-order valence-electron chi connectivity index (χ2n) is 31.8. The fourth-order valence-electron chi connectivity index (χ4n) is 16.4. The summed E-state index contributed by atoms with van der Waals surface area (Å²) in [6.07, 6.45) is 13.5. The Hall–Kier alpha value is -12.4. The van der Waals surface area contributed by atoms with Crippen LogP contribution in [0, 0.1) is 36.4 Å². The van der Waals surface area contributed by atoms with E-state index in [1.54, 1.807) is 22.7 Å². The summed E-state index contributed by atoms with van der Waals surface area (Å²) in [6.45, 7) is 4.42. The molecule has 0 unspecified atom stereocenters. The average Bonchev–Trinajstić information content (AvgIpc) is 1.59. The molecule has 2 fully saturated rings. The number of hydrogen-bond acceptors (Lipinski definition) is 21. The molecule has 0 bridgehead atoms. The molecular formula is C107H79F3Ir3N16OS5-6. The zero-order valence-corrected chi connectivity index (χ0v) is 83.9. The molecule has 9 aromatic carbocycles. The fourth-order valence-corrected chi connectivity index (χ4v) is 20.1. The summed E-state index contributed by atoms with van der Waals surface area (Å²) in [5.74, 6) is 4.53. The molecule has 0 amide bonds. The first-order valence-electron chi connectivity index (χ1n) is 43.2. The quantitative estimate of drug-likeness (QED) is 0.0982. The Labute approximate surface area is 838 Å². The molecule has 135 heavy (non-hydrogen) atoms. The second-order valence-corrected chi connectivity index (χ2v) is 36.6. The van der Waals surface area contributed by atoms with Gasteiger partial charge in [-0.2, -0.15) is 79.4 Å². The number of furan rings is 1. The van der Waals surface area contributed by atoms with Gasteiger partial charge in [0, 0.05) is 107 Å². The molecule has 2 aliphatic rings. The number of thiophene rings is 5. The summed E-state index contributed by atoms with van der Waals surface area (Å²) in [5, 5.41) is 63.3. The first-order chi connectivity index (χ1) is 64.8. The van der Waals surface area contributed by atoms with E-state index in [4.69, 9.17) is 9.40 Å². The van der Waals surface area contributed by atoms with Crippen LogP contribution in [0.1, 0.15) is 112 Å². The third kappa shape index (κ3) is 22.3. The molecule has 0 atom stereocenters. The number of pyridine rings is 3. The van der Waals surface area contributed by atoms with Crippen molar-refractivity contribution in [3.8, 4) is 110 Å². The number of nitrogens with zero attached hydrogens (tertiary/aromatic N) is 16. The summed E-state index contributed by atoms with van der Waals surface area (Å²) in [7, 11) is 2.12. The number of aromatic nitrogens is 16. The van der Waals surface area contributed by atoms with Gasteiger partial charge in [0.25, 0.3) is 0 Å². The summed E-state index contributed by atoms with van der Waals surface area (Å²) < 4.78 is 48.6. The van der Waals surface area contributed by atoms with Crippen LogP contribution in [0.3, 0.4) is 0 Å². The van der Waals surface area contributed by atoms with Crippen molar-refractivity contribution in [1.82, 2.24) is 80.7 Å². The Balaban J connectivity index is 0.000000119. The number of alkyl halides is 3. The second kappa shape index (κ2) is 44.8. The summed E-state index contributed by atoms with van der Waals surface area (Å²) in [5.41, 5.74) is 17.2. The molecule has 28 heteroatoms. The zero-order chi connectivity index (χ0) is 89.7. The Bertz CT molecular complexity index is 7360. The monoisotopic (exact) mass is 2400 g/mol. The maximum atomic E-state index is 12.5. The third-order valence-electron chi connectivity index (χ3n) is 23.1. The Morgan fingerprint density at radius 2 is 0.970 bits per heavy atom. The van der Waals surface area contributed by atoms with Crippen molar-refractivity contribution in [3.63, 3.8) is 0 Å². The maximum Gasteiger partial charge on any atom is 0.381 e. The van der Waals surface area contributed by atoms with Gasteiger partial charge in [-0.05, 0) is 175 Å². The molecule has 13 aromatic heterocycles. The van der Waals surface area contributed by atoms with Crippen molar-refractivity contribution >= 4 is 121 Å². The number of benzene rings is 9. The Morgan fingerprint density at radius 3 is 1.57 bits per heavy atom. The van der Waals surface area contributed by atoms with Gasteiger partial charge in [-0.15, -0.1) is 160 Å². The van der Waals surface area contributed by atoms with E-state index in [0.29, 0.717) is 52.4 Å². The van der Waals surface area contributed by atoms with Gasteiger partial charge < -0.3 is 23.9 Å². The minimum absolute atomic E-state index is 0. The smallest absolute Gasteiger partial charge is 0.381 e. The van der Waals surface area contributed by atoms with Gasteiger partial charge >= 0.3 is 6.18 Å². The number of halogens is 3. The van der Waals surface area contributed by atoms with Gasteiger partial charge in [0.15, 0.2) is 0 Å². The predicted molar refractivity (Wildman–Crippen MR) is 525 cm³/mol. The number of fused-ring (bicyclic) bond motifs is 9. The zero-order valence-electron chi connectivity index (χ0n) is 72.6. The largest absolute Gasteiger partial charge is 0.501 e. The molecule has 0 saturated heterocycles. The molecule has 677 valence electrons. The molecule has 3 radical (unpaired) electrons. The Morgan fingerprint density at radius 1 is 0.400 bits per heavy atom. The molecular weight excluding hydrogens is 2320 g/mol. The van der Waals surface area contributed by atoms with Gasteiger partial charge in [-0.1, -0.05) is 216 Å². The van der Waals surface area contributed by atoms with Crippen LogP contribution in [-0.4, -0.2) is 80.7 Å². The summed E-state index contributed by atoms with van der Waals surface area (Å²) >= 11 is 8.01. The van der Waals surface area contributed by atoms with Gasteiger partial charge in [0.1, 0.15) is 23.1 Å².